The van der Waals surface area contributed by atoms with Crippen LogP contribution < -0.4 is 4.74 Å². The highest BCUT2D eigenvalue weighted by atomic mass is 16.7. The van der Waals surface area contributed by atoms with Gasteiger partial charge < -0.3 is 14.2 Å². The van der Waals surface area contributed by atoms with Gasteiger partial charge in [-0.25, -0.2) is 0 Å². The molecular weight excluding hydrogens is 388 g/mol. The summed E-state index contributed by atoms with van der Waals surface area (Å²) in [5, 5.41) is 0. The van der Waals surface area contributed by atoms with Gasteiger partial charge in [-0.05, 0) is 80.4 Å². The second-order valence-electron chi connectivity index (χ2n) is 9.83. The molecule has 1 aromatic carbocycles. The first-order valence-electron chi connectivity index (χ1n) is 12.6. The number of rotatable bonds is 10. The molecule has 1 heterocycles. The highest BCUT2D eigenvalue weighted by Gasteiger charge is 2.44. The van der Waals surface area contributed by atoms with Gasteiger partial charge in [0.2, 0.25) is 0 Å². The smallest absolute Gasteiger partial charge is 0.157 e. The summed E-state index contributed by atoms with van der Waals surface area (Å²) in [5.41, 5.74) is 2.71. The molecule has 1 saturated heterocycles. The number of Topliss-reactive ketones (excluding diaryl/α,β-unsaturated/α-hetero) is 1. The van der Waals surface area contributed by atoms with Crippen LogP contribution in [0.2, 0.25) is 0 Å². The van der Waals surface area contributed by atoms with Crippen molar-refractivity contribution in [3.05, 3.63) is 29.3 Å². The summed E-state index contributed by atoms with van der Waals surface area (Å²) >= 11 is 0. The monoisotopic (exact) mass is 428 g/mol. The largest absolute Gasteiger partial charge is 0.496 e. The molecule has 0 aromatic heterocycles. The van der Waals surface area contributed by atoms with Gasteiger partial charge in [-0.1, -0.05) is 38.3 Å². The lowest BCUT2D eigenvalue weighted by atomic mass is 9.73. The fourth-order valence-corrected chi connectivity index (χ4v) is 6.08. The number of benzene rings is 1. The first-order chi connectivity index (χ1) is 15.2. The van der Waals surface area contributed by atoms with Crippen molar-refractivity contribution < 1.29 is 19.0 Å². The summed E-state index contributed by atoms with van der Waals surface area (Å²) in [6.07, 6.45) is 13.0. The molecule has 3 aliphatic rings. The third-order valence-corrected chi connectivity index (χ3v) is 7.78. The molecular formula is C27H40O4. The first kappa shape index (κ1) is 22.8. The van der Waals surface area contributed by atoms with Crippen LogP contribution >= 0.6 is 0 Å². The fourth-order valence-electron chi connectivity index (χ4n) is 6.08. The summed E-state index contributed by atoms with van der Waals surface area (Å²) in [6.45, 7) is 3.06. The number of fused-ring (bicyclic) bond motifs is 2. The van der Waals surface area contributed by atoms with Gasteiger partial charge in [0.25, 0.3) is 0 Å². The van der Waals surface area contributed by atoms with E-state index in [0.29, 0.717) is 17.6 Å². The minimum absolute atomic E-state index is 0.0403. The molecule has 5 atom stereocenters. The number of hydrogen-bond donors (Lipinski definition) is 0. The van der Waals surface area contributed by atoms with E-state index in [2.05, 4.69) is 25.1 Å². The zero-order chi connectivity index (χ0) is 21.6. The number of carbonyl (C=O) groups is 1. The van der Waals surface area contributed by atoms with E-state index >= 15 is 0 Å². The van der Waals surface area contributed by atoms with E-state index < -0.39 is 0 Å². The number of methoxy groups -OCH3 is 1. The minimum atomic E-state index is -0.0403. The zero-order valence-electron chi connectivity index (χ0n) is 19.4. The topological polar surface area (TPSA) is 44.8 Å². The minimum Gasteiger partial charge on any atom is -0.496 e. The van der Waals surface area contributed by atoms with E-state index in [9.17, 15) is 4.79 Å². The van der Waals surface area contributed by atoms with Crippen molar-refractivity contribution in [2.75, 3.05) is 13.7 Å². The second-order valence-corrected chi connectivity index (χ2v) is 9.83. The lowest BCUT2D eigenvalue weighted by Crippen LogP contribution is -2.30. The molecule has 0 spiro atoms. The van der Waals surface area contributed by atoms with Crippen LogP contribution in [-0.4, -0.2) is 31.9 Å². The molecule has 0 N–H and O–H groups in total. The molecule has 4 nitrogen and oxygen atoms in total. The standard InChI is InChI=1S/C27H40O4/c1-3-4-5-10-21(31-27-12-6-7-15-30-27)13-14-22-23-16-19-9-8-11-26(29-2)24(19)17-20(23)18-25(22)28/h8-9,11,20-23,27H,3-7,10,12-18H2,1-2H3/t20-,21+,22?,23-,27?/m1/s1. The molecule has 4 rings (SSSR count). The van der Waals surface area contributed by atoms with Crippen molar-refractivity contribution in [1.82, 2.24) is 0 Å². The molecule has 2 fully saturated rings. The normalized spacial score (nSPS) is 28.8. The van der Waals surface area contributed by atoms with Crippen LogP contribution in [0.5, 0.6) is 5.75 Å². The third kappa shape index (κ3) is 5.51. The van der Waals surface area contributed by atoms with Crippen molar-refractivity contribution in [2.45, 2.75) is 96.4 Å². The van der Waals surface area contributed by atoms with E-state index in [1.54, 1.807) is 7.11 Å². The van der Waals surface area contributed by atoms with E-state index in [1.807, 2.05) is 0 Å². The lowest BCUT2D eigenvalue weighted by molar-refractivity contribution is -0.191. The molecule has 1 aromatic rings. The van der Waals surface area contributed by atoms with Crippen molar-refractivity contribution in [2.24, 2.45) is 17.8 Å². The van der Waals surface area contributed by atoms with Crippen molar-refractivity contribution in [3.63, 3.8) is 0 Å². The van der Waals surface area contributed by atoms with E-state index in [1.165, 1.54) is 36.8 Å². The summed E-state index contributed by atoms with van der Waals surface area (Å²) in [4.78, 5) is 13.0. The molecule has 4 heteroatoms. The van der Waals surface area contributed by atoms with Crippen LogP contribution in [0.25, 0.3) is 0 Å². The number of ketones is 1. The van der Waals surface area contributed by atoms with Gasteiger partial charge in [0.05, 0.1) is 13.2 Å². The van der Waals surface area contributed by atoms with Gasteiger partial charge in [0, 0.05) is 18.9 Å². The van der Waals surface area contributed by atoms with Gasteiger partial charge in [-0.2, -0.15) is 0 Å². The summed E-state index contributed by atoms with van der Waals surface area (Å²) in [7, 11) is 1.75. The van der Waals surface area contributed by atoms with E-state index in [0.717, 1.165) is 63.7 Å². The molecule has 0 radical (unpaired) electrons. The first-order valence-corrected chi connectivity index (χ1v) is 12.6. The average molecular weight is 429 g/mol. The summed E-state index contributed by atoms with van der Waals surface area (Å²) < 4.78 is 17.9. The van der Waals surface area contributed by atoms with Gasteiger partial charge in [0.1, 0.15) is 11.5 Å². The zero-order valence-corrected chi connectivity index (χ0v) is 19.4. The molecule has 172 valence electrons. The van der Waals surface area contributed by atoms with Gasteiger partial charge >= 0.3 is 0 Å². The third-order valence-electron chi connectivity index (χ3n) is 7.78. The van der Waals surface area contributed by atoms with Crippen LogP contribution in [0.4, 0.5) is 0 Å². The molecule has 2 aliphatic carbocycles. The quantitative estimate of drug-likeness (QED) is 0.436. The maximum atomic E-state index is 13.0. The van der Waals surface area contributed by atoms with Gasteiger partial charge in [-0.3, -0.25) is 4.79 Å². The highest BCUT2D eigenvalue weighted by molar-refractivity contribution is 5.84. The Labute approximate surface area is 188 Å². The maximum Gasteiger partial charge on any atom is 0.157 e. The average Bonchev–Trinajstić information content (AvgIpc) is 3.10. The Bertz CT molecular complexity index is 724. The Morgan fingerprint density at radius 3 is 2.81 bits per heavy atom. The van der Waals surface area contributed by atoms with Crippen LogP contribution in [0, 0.1) is 17.8 Å². The predicted octanol–water partition coefficient (Wildman–Crippen LogP) is 5.89. The lowest BCUT2D eigenvalue weighted by Gasteiger charge is -2.32. The second kappa shape index (κ2) is 11.0. The number of unbranched alkanes of at least 4 members (excludes halogenated alkanes) is 2. The Hall–Kier alpha value is -1.39. The van der Waals surface area contributed by atoms with Gasteiger partial charge in [-0.15, -0.1) is 0 Å². The number of hydrogen-bond acceptors (Lipinski definition) is 4. The molecule has 0 amide bonds. The Balaban J connectivity index is 1.38. The molecule has 1 aliphatic heterocycles. The van der Waals surface area contributed by atoms with Crippen LogP contribution in [0.1, 0.15) is 82.3 Å². The van der Waals surface area contributed by atoms with Crippen molar-refractivity contribution in [3.8, 4) is 5.75 Å². The van der Waals surface area contributed by atoms with Crippen molar-refractivity contribution in [1.29, 1.82) is 0 Å². The van der Waals surface area contributed by atoms with E-state index in [4.69, 9.17) is 14.2 Å². The number of ether oxygens (including phenoxy) is 3. The van der Waals surface area contributed by atoms with Crippen LogP contribution in [0.3, 0.4) is 0 Å². The molecule has 2 unspecified atom stereocenters. The predicted molar refractivity (Wildman–Crippen MR) is 122 cm³/mol. The van der Waals surface area contributed by atoms with Crippen LogP contribution in [0.15, 0.2) is 18.2 Å². The maximum absolute atomic E-state index is 13.0. The number of carbonyl (C=O) groups excluding carboxylic acids is 1. The SMILES string of the molecule is CCCCC[C@@H](CCC1C(=O)C[C@H]2Cc3c(cccc3OC)C[C@@H]12)OC1CCCCO1. The Kier molecular flexibility index (Phi) is 8.06. The molecule has 31 heavy (non-hydrogen) atoms. The summed E-state index contributed by atoms with van der Waals surface area (Å²) in [5.74, 6) is 2.61. The molecule has 1 saturated carbocycles. The highest BCUT2D eigenvalue weighted by Crippen LogP contribution is 2.46. The van der Waals surface area contributed by atoms with Gasteiger partial charge in [0.15, 0.2) is 6.29 Å². The Morgan fingerprint density at radius 2 is 2.03 bits per heavy atom. The van der Waals surface area contributed by atoms with Crippen LogP contribution in [-0.2, 0) is 27.1 Å². The Morgan fingerprint density at radius 1 is 1.13 bits per heavy atom. The molecule has 0 bridgehead atoms. The summed E-state index contributed by atoms with van der Waals surface area (Å²) in [6, 6.07) is 6.37. The van der Waals surface area contributed by atoms with Crippen molar-refractivity contribution >= 4 is 5.78 Å². The van der Waals surface area contributed by atoms with E-state index in [-0.39, 0.29) is 18.3 Å². The fraction of sp³-hybridized carbons (Fsp3) is 0.741.